The minimum atomic E-state index is -0.382. The maximum absolute atomic E-state index is 11.9. The number of carbonyl (C=O) groups excluding carboxylic acids is 2. The molecule has 0 unspecified atom stereocenters. The molecule has 2 rings (SSSR count). The van der Waals surface area contributed by atoms with E-state index in [2.05, 4.69) is 15.8 Å². The van der Waals surface area contributed by atoms with Crippen LogP contribution in [0, 0.1) is 6.92 Å². The molecule has 1 aromatic heterocycles. The molecule has 0 radical (unpaired) electrons. The number of rotatable bonds is 6. The van der Waals surface area contributed by atoms with Crippen molar-refractivity contribution in [2.24, 2.45) is 0 Å². The van der Waals surface area contributed by atoms with Gasteiger partial charge in [-0.25, -0.2) is 0 Å². The van der Waals surface area contributed by atoms with E-state index >= 15 is 0 Å². The number of carbonyl (C=O) groups is 2. The minimum absolute atomic E-state index is 0.156. The van der Waals surface area contributed by atoms with E-state index in [0.29, 0.717) is 11.6 Å². The number of amides is 2. The Balaban J connectivity index is 1.85. The monoisotopic (exact) mass is 329 g/mol. The van der Waals surface area contributed by atoms with Crippen molar-refractivity contribution in [2.45, 2.75) is 13.8 Å². The normalized spacial score (nSPS) is 11.0. The summed E-state index contributed by atoms with van der Waals surface area (Å²) in [6.45, 7) is 3.38. The number of anilines is 1. The molecule has 0 aliphatic heterocycles. The molecule has 2 aromatic rings. The van der Waals surface area contributed by atoms with Gasteiger partial charge in [0.05, 0.1) is 13.7 Å². The Hall–Kier alpha value is -3.09. The third kappa shape index (κ3) is 4.98. The summed E-state index contributed by atoms with van der Waals surface area (Å²) in [5.74, 6) is 0.918. The highest BCUT2D eigenvalue weighted by molar-refractivity contribution is 5.99. The second-order valence-electron chi connectivity index (χ2n) is 5.14. The Labute approximate surface area is 139 Å². The van der Waals surface area contributed by atoms with Crippen LogP contribution >= 0.6 is 0 Å². The molecule has 0 saturated carbocycles. The highest BCUT2D eigenvalue weighted by Crippen LogP contribution is 2.17. The molecule has 7 nitrogen and oxygen atoms in total. The smallest absolute Gasteiger partial charge is 0.245 e. The lowest BCUT2D eigenvalue weighted by atomic mass is 10.1. The number of methoxy groups -OCH3 is 1. The Morgan fingerprint density at radius 2 is 2.00 bits per heavy atom. The number of nitrogens with one attached hydrogen (secondary N) is 2. The number of ether oxygens (including phenoxy) is 1. The summed E-state index contributed by atoms with van der Waals surface area (Å²) in [6.07, 6.45) is 1.44. The summed E-state index contributed by atoms with van der Waals surface area (Å²) in [6, 6.07) is 8.94. The largest absolute Gasteiger partial charge is 0.497 e. The highest BCUT2D eigenvalue weighted by atomic mass is 16.5. The van der Waals surface area contributed by atoms with Crippen LogP contribution in [-0.4, -0.2) is 30.6 Å². The first kappa shape index (κ1) is 17.3. The van der Waals surface area contributed by atoms with Crippen LogP contribution in [0.1, 0.15) is 18.2 Å². The van der Waals surface area contributed by atoms with Gasteiger partial charge in [0.1, 0.15) is 11.5 Å². The van der Waals surface area contributed by atoms with E-state index in [4.69, 9.17) is 9.26 Å². The number of allylic oxidation sites excluding steroid dienone is 1. The van der Waals surface area contributed by atoms with Crippen LogP contribution < -0.4 is 15.4 Å². The van der Waals surface area contributed by atoms with E-state index in [1.54, 1.807) is 20.1 Å². The molecule has 24 heavy (non-hydrogen) atoms. The minimum Gasteiger partial charge on any atom is -0.497 e. The lowest BCUT2D eigenvalue weighted by Gasteiger charge is -2.05. The van der Waals surface area contributed by atoms with Gasteiger partial charge in [0.25, 0.3) is 0 Å². The second kappa shape index (κ2) is 7.96. The molecule has 126 valence electrons. The number of nitrogens with zero attached hydrogens (tertiary/aromatic N) is 1. The van der Waals surface area contributed by atoms with Gasteiger partial charge in [-0.05, 0) is 37.1 Å². The number of hydrogen-bond acceptors (Lipinski definition) is 5. The molecule has 0 bridgehead atoms. The number of hydrogen-bond donors (Lipinski definition) is 2. The molecule has 7 heteroatoms. The van der Waals surface area contributed by atoms with Crippen molar-refractivity contribution in [1.82, 2.24) is 10.5 Å². The van der Waals surface area contributed by atoms with Gasteiger partial charge in [0.2, 0.25) is 11.8 Å². The topological polar surface area (TPSA) is 93.5 Å². The molecule has 0 spiro atoms. The molecule has 2 N–H and O–H groups in total. The first-order chi connectivity index (χ1) is 11.5. The van der Waals surface area contributed by atoms with Crippen LogP contribution in [0.25, 0.3) is 5.57 Å². The van der Waals surface area contributed by atoms with E-state index in [-0.39, 0.29) is 18.4 Å². The average Bonchev–Trinajstić information content (AvgIpc) is 2.98. The molecule has 0 aliphatic carbocycles. The van der Waals surface area contributed by atoms with Crippen molar-refractivity contribution in [3.63, 3.8) is 0 Å². The van der Waals surface area contributed by atoms with Crippen molar-refractivity contribution in [2.75, 3.05) is 19.0 Å². The molecule has 0 aliphatic rings. The summed E-state index contributed by atoms with van der Waals surface area (Å²) < 4.78 is 9.93. The molecular formula is C17H19N3O4. The zero-order valence-electron chi connectivity index (χ0n) is 13.8. The Morgan fingerprint density at radius 1 is 1.29 bits per heavy atom. The molecule has 1 heterocycles. The summed E-state index contributed by atoms with van der Waals surface area (Å²) in [7, 11) is 1.59. The maximum Gasteiger partial charge on any atom is 0.245 e. The van der Waals surface area contributed by atoms with Crippen molar-refractivity contribution >= 4 is 23.2 Å². The summed E-state index contributed by atoms with van der Waals surface area (Å²) in [4.78, 5) is 23.6. The standard InChI is InChI=1S/C17H19N3O4/c1-11(13-4-6-14(23-3)7-5-13)8-16(21)18-10-17(22)19-15-9-12(2)24-20-15/h4-9H,10H2,1-3H3,(H,18,21)(H,19,20,22)/b11-8+. The van der Waals surface area contributed by atoms with Gasteiger partial charge in [0, 0.05) is 12.1 Å². The molecule has 0 saturated heterocycles. The fourth-order valence-electron chi connectivity index (χ4n) is 1.96. The first-order valence-electron chi connectivity index (χ1n) is 7.31. The van der Waals surface area contributed by atoms with Gasteiger partial charge in [-0.1, -0.05) is 17.3 Å². The third-order valence-electron chi connectivity index (χ3n) is 3.21. The molecule has 2 amide bonds. The van der Waals surface area contributed by atoms with Crippen LogP contribution in [0.4, 0.5) is 5.82 Å². The summed E-state index contributed by atoms with van der Waals surface area (Å²) >= 11 is 0. The lowest BCUT2D eigenvalue weighted by Crippen LogP contribution is -2.31. The van der Waals surface area contributed by atoms with Gasteiger partial charge in [-0.3, -0.25) is 9.59 Å². The van der Waals surface area contributed by atoms with Gasteiger partial charge < -0.3 is 19.9 Å². The zero-order chi connectivity index (χ0) is 17.5. The van der Waals surface area contributed by atoms with Gasteiger partial charge in [-0.15, -0.1) is 0 Å². The first-order valence-corrected chi connectivity index (χ1v) is 7.31. The highest BCUT2D eigenvalue weighted by Gasteiger charge is 2.08. The maximum atomic E-state index is 11.9. The van der Waals surface area contributed by atoms with E-state index in [9.17, 15) is 9.59 Å². The number of benzene rings is 1. The zero-order valence-corrected chi connectivity index (χ0v) is 13.8. The Bertz CT molecular complexity index is 747. The number of aryl methyl sites for hydroxylation is 1. The van der Waals surface area contributed by atoms with E-state index in [1.807, 2.05) is 31.2 Å². The Morgan fingerprint density at radius 3 is 2.58 bits per heavy atom. The van der Waals surface area contributed by atoms with E-state index in [0.717, 1.165) is 16.9 Å². The molecule has 0 atom stereocenters. The molecule has 0 fully saturated rings. The quantitative estimate of drug-likeness (QED) is 0.792. The van der Waals surface area contributed by atoms with Crippen molar-refractivity contribution in [3.8, 4) is 5.75 Å². The summed E-state index contributed by atoms with van der Waals surface area (Å²) in [5, 5.41) is 8.69. The average molecular weight is 329 g/mol. The van der Waals surface area contributed by atoms with E-state index < -0.39 is 0 Å². The molecule has 1 aromatic carbocycles. The fraction of sp³-hybridized carbons (Fsp3) is 0.235. The SMILES string of the molecule is COc1ccc(/C(C)=C/C(=O)NCC(=O)Nc2cc(C)on2)cc1. The van der Waals surface area contributed by atoms with Gasteiger partial charge in [-0.2, -0.15) is 0 Å². The van der Waals surface area contributed by atoms with Crippen molar-refractivity contribution in [1.29, 1.82) is 0 Å². The lowest BCUT2D eigenvalue weighted by molar-refractivity contribution is -0.121. The third-order valence-corrected chi connectivity index (χ3v) is 3.21. The van der Waals surface area contributed by atoms with E-state index in [1.165, 1.54) is 6.08 Å². The summed E-state index contributed by atoms with van der Waals surface area (Å²) in [5.41, 5.74) is 1.68. The predicted molar refractivity (Wildman–Crippen MR) is 89.5 cm³/mol. The van der Waals surface area contributed by atoms with Crippen LogP contribution in [0.3, 0.4) is 0 Å². The Kier molecular flexibility index (Phi) is 5.73. The predicted octanol–water partition coefficient (Wildman–Crippen LogP) is 2.15. The van der Waals surface area contributed by atoms with Gasteiger partial charge >= 0.3 is 0 Å². The van der Waals surface area contributed by atoms with Crippen LogP contribution in [-0.2, 0) is 9.59 Å². The van der Waals surface area contributed by atoms with Crippen LogP contribution in [0.2, 0.25) is 0 Å². The molecular weight excluding hydrogens is 310 g/mol. The van der Waals surface area contributed by atoms with Crippen LogP contribution in [0.5, 0.6) is 5.75 Å². The number of aromatic nitrogens is 1. The van der Waals surface area contributed by atoms with Gasteiger partial charge in [0.15, 0.2) is 5.82 Å². The van der Waals surface area contributed by atoms with Crippen molar-refractivity contribution < 1.29 is 18.8 Å². The second-order valence-corrected chi connectivity index (χ2v) is 5.14. The fourth-order valence-corrected chi connectivity index (χ4v) is 1.96. The van der Waals surface area contributed by atoms with Crippen molar-refractivity contribution in [3.05, 3.63) is 47.7 Å². The van der Waals surface area contributed by atoms with Crippen LogP contribution in [0.15, 0.2) is 40.9 Å².